The van der Waals surface area contributed by atoms with Crippen LogP contribution in [0.1, 0.15) is 47.1 Å². The summed E-state index contributed by atoms with van der Waals surface area (Å²) in [6.45, 7) is 9.59. The van der Waals surface area contributed by atoms with E-state index in [1.807, 2.05) is 36.7 Å². The van der Waals surface area contributed by atoms with Gasteiger partial charge in [0.2, 0.25) is 5.89 Å². The molecule has 2 saturated heterocycles. The Labute approximate surface area is 285 Å². The van der Waals surface area contributed by atoms with Crippen LogP contribution in [0.5, 0.6) is 0 Å². The standard InChI is InChI=1S/C40H39N7O2/c1-25-32(7-5-9-34(25)40-45-36-19-27(22-46-14-3-4-15-46)17-30(20-41)38(36)49-40)33-8-6-10-35(26(33)2)44-39-37-29(11-13-42-39)18-28(21-43-37)23-47-16-12-31(48)24-47/h5-11,13,17-19,21,31,48H,3-4,12,14-16,22-24H2,1-2H3,(H,42,44). The second-order valence-electron chi connectivity index (χ2n) is 13.4. The average molecular weight is 650 g/mol. The summed E-state index contributed by atoms with van der Waals surface area (Å²) in [7, 11) is 0. The summed E-state index contributed by atoms with van der Waals surface area (Å²) in [5.41, 5.74) is 11.0. The molecule has 246 valence electrons. The van der Waals surface area contributed by atoms with Crippen molar-refractivity contribution >= 4 is 33.5 Å². The zero-order valence-electron chi connectivity index (χ0n) is 27.9. The minimum Gasteiger partial charge on any atom is -0.435 e. The number of benzene rings is 3. The van der Waals surface area contributed by atoms with E-state index in [2.05, 4.69) is 76.4 Å². The quantitative estimate of drug-likeness (QED) is 0.173. The third kappa shape index (κ3) is 6.15. The van der Waals surface area contributed by atoms with Crippen molar-refractivity contribution in [3.63, 3.8) is 0 Å². The third-order valence-electron chi connectivity index (χ3n) is 10.0. The van der Waals surface area contributed by atoms with E-state index in [0.717, 1.165) is 94.7 Å². The minimum atomic E-state index is -0.240. The monoisotopic (exact) mass is 649 g/mol. The molecule has 1 unspecified atom stereocenters. The van der Waals surface area contributed by atoms with Crippen molar-refractivity contribution < 1.29 is 9.52 Å². The van der Waals surface area contributed by atoms with Gasteiger partial charge in [0.05, 0.1) is 11.7 Å². The predicted molar refractivity (Wildman–Crippen MR) is 192 cm³/mol. The lowest BCUT2D eigenvalue weighted by Crippen LogP contribution is -2.21. The number of hydrogen-bond acceptors (Lipinski definition) is 9. The van der Waals surface area contributed by atoms with Gasteiger partial charge >= 0.3 is 0 Å². The predicted octanol–water partition coefficient (Wildman–Crippen LogP) is 7.50. The maximum atomic E-state index is 9.97. The van der Waals surface area contributed by atoms with Crippen LogP contribution in [0.25, 0.3) is 44.6 Å². The number of aromatic nitrogens is 3. The van der Waals surface area contributed by atoms with Crippen LogP contribution in [0.15, 0.2) is 77.5 Å². The number of oxazole rings is 1. The molecule has 2 aliphatic heterocycles. The molecule has 0 saturated carbocycles. The maximum absolute atomic E-state index is 9.97. The molecule has 8 rings (SSSR count). The highest BCUT2D eigenvalue weighted by Gasteiger charge is 2.22. The molecule has 5 heterocycles. The van der Waals surface area contributed by atoms with Crippen molar-refractivity contribution in [2.75, 3.05) is 31.5 Å². The van der Waals surface area contributed by atoms with Gasteiger partial charge in [-0.15, -0.1) is 0 Å². The number of aliphatic hydroxyl groups excluding tert-OH is 1. The smallest absolute Gasteiger partial charge is 0.227 e. The van der Waals surface area contributed by atoms with Gasteiger partial charge in [-0.05, 0) is 116 Å². The van der Waals surface area contributed by atoms with Crippen LogP contribution in [-0.4, -0.2) is 62.1 Å². The van der Waals surface area contributed by atoms with Gasteiger partial charge < -0.3 is 14.8 Å². The van der Waals surface area contributed by atoms with E-state index in [0.29, 0.717) is 34.9 Å². The van der Waals surface area contributed by atoms with Crippen LogP contribution in [0.2, 0.25) is 0 Å². The van der Waals surface area contributed by atoms with Crippen molar-refractivity contribution in [1.82, 2.24) is 24.8 Å². The number of hydrogen-bond donors (Lipinski definition) is 2. The Morgan fingerprint density at radius 2 is 1.67 bits per heavy atom. The Morgan fingerprint density at radius 3 is 2.47 bits per heavy atom. The van der Waals surface area contributed by atoms with Crippen molar-refractivity contribution in [3.8, 4) is 28.7 Å². The number of anilines is 2. The molecular weight excluding hydrogens is 610 g/mol. The van der Waals surface area contributed by atoms with Gasteiger partial charge in [0, 0.05) is 55.2 Å². The van der Waals surface area contributed by atoms with Gasteiger partial charge in [-0.2, -0.15) is 5.26 Å². The molecule has 2 N–H and O–H groups in total. The first-order valence-electron chi connectivity index (χ1n) is 17.1. The zero-order chi connectivity index (χ0) is 33.5. The summed E-state index contributed by atoms with van der Waals surface area (Å²) in [4.78, 5) is 19.1. The summed E-state index contributed by atoms with van der Waals surface area (Å²) in [6, 6.07) is 22.9. The fraction of sp³-hybridized carbons (Fsp3) is 0.300. The Bertz CT molecular complexity index is 2230. The molecule has 9 heteroatoms. The Kier molecular flexibility index (Phi) is 8.30. The lowest BCUT2D eigenvalue weighted by molar-refractivity contribution is 0.175. The number of likely N-dealkylation sites (tertiary alicyclic amines) is 2. The first-order chi connectivity index (χ1) is 23.9. The van der Waals surface area contributed by atoms with Gasteiger partial charge in [-0.25, -0.2) is 9.97 Å². The number of nitrogens with one attached hydrogen (secondary N) is 1. The van der Waals surface area contributed by atoms with E-state index in [4.69, 9.17) is 14.4 Å². The summed E-state index contributed by atoms with van der Waals surface area (Å²) in [5, 5.41) is 24.5. The van der Waals surface area contributed by atoms with E-state index in [-0.39, 0.29) is 6.10 Å². The van der Waals surface area contributed by atoms with Gasteiger partial charge in [-0.3, -0.25) is 14.8 Å². The molecule has 0 aliphatic carbocycles. The van der Waals surface area contributed by atoms with Gasteiger partial charge in [0.1, 0.15) is 17.1 Å². The van der Waals surface area contributed by atoms with Gasteiger partial charge in [0.25, 0.3) is 0 Å². The number of pyridine rings is 2. The van der Waals surface area contributed by atoms with Gasteiger partial charge in [-0.1, -0.05) is 24.3 Å². The SMILES string of the molecule is Cc1c(Nc2nccc3cc(CN4CCC(O)C4)cnc23)cccc1-c1cccc(-c2nc3cc(CN4CCCC4)cc(C#N)c3o2)c1C. The molecule has 0 amide bonds. The summed E-state index contributed by atoms with van der Waals surface area (Å²) in [5.74, 6) is 1.22. The number of nitriles is 1. The Balaban J connectivity index is 1.09. The number of aliphatic hydroxyl groups is 1. The van der Waals surface area contributed by atoms with Crippen LogP contribution < -0.4 is 5.32 Å². The summed E-state index contributed by atoms with van der Waals surface area (Å²) < 4.78 is 6.31. The normalized spacial score (nSPS) is 16.9. The van der Waals surface area contributed by atoms with Crippen LogP contribution in [0.4, 0.5) is 11.5 Å². The number of nitrogens with zero attached hydrogens (tertiary/aromatic N) is 6. The molecule has 49 heavy (non-hydrogen) atoms. The van der Waals surface area contributed by atoms with Crippen molar-refractivity contribution in [3.05, 3.63) is 101 Å². The number of β-amino-alcohol motifs (C(OH)–C–C–N with tert-alkyl or cyclic N) is 1. The molecule has 0 spiro atoms. The lowest BCUT2D eigenvalue weighted by Gasteiger charge is -2.17. The molecule has 3 aromatic heterocycles. The van der Waals surface area contributed by atoms with E-state index < -0.39 is 0 Å². The maximum Gasteiger partial charge on any atom is 0.227 e. The second-order valence-corrected chi connectivity index (χ2v) is 13.4. The molecule has 2 fully saturated rings. The zero-order valence-corrected chi connectivity index (χ0v) is 27.9. The fourth-order valence-corrected chi connectivity index (χ4v) is 7.43. The first-order valence-corrected chi connectivity index (χ1v) is 17.1. The van der Waals surface area contributed by atoms with E-state index >= 15 is 0 Å². The summed E-state index contributed by atoms with van der Waals surface area (Å²) >= 11 is 0. The van der Waals surface area contributed by atoms with E-state index in [1.165, 1.54) is 12.8 Å². The molecule has 2 aliphatic rings. The highest BCUT2D eigenvalue weighted by atomic mass is 16.3. The van der Waals surface area contributed by atoms with Crippen LogP contribution in [-0.2, 0) is 13.1 Å². The van der Waals surface area contributed by atoms with E-state index in [9.17, 15) is 10.4 Å². The topological polar surface area (TPSA) is 114 Å². The Morgan fingerprint density at radius 1 is 0.898 bits per heavy atom. The Hall–Kier alpha value is -5.14. The molecular formula is C40H39N7O2. The van der Waals surface area contributed by atoms with E-state index in [1.54, 1.807) is 0 Å². The van der Waals surface area contributed by atoms with Crippen molar-refractivity contribution in [2.24, 2.45) is 0 Å². The summed E-state index contributed by atoms with van der Waals surface area (Å²) in [6.07, 6.45) is 6.76. The molecule has 3 aromatic carbocycles. The largest absolute Gasteiger partial charge is 0.435 e. The fourth-order valence-electron chi connectivity index (χ4n) is 7.43. The van der Waals surface area contributed by atoms with Crippen molar-refractivity contribution in [2.45, 2.75) is 52.3 Å². The van der Waals surface area contributed by atoms with Crippen molar-refractivity contribution in [1.29, 1.82) is 5.26 Å². The minimum absolute atomic E-state index is 0.240. The van der Waals surface area contributed by atoms with Gasteiger partial charge in [0.15, 0.2) is 11.4 Å². The molecule has 6 aromatic rings. The highest BCUT2D eigenvalue weighted by Crippen LogP contribution is 2.38. The molecule has 9 nitrogen and oxygen atoms in total. The first kappa shape index (κ1) is 31.1. The molecule has 1 atom stereocenters. The third-order valence-corrected chi connectivity index (χ3v) is 10.0. The van der Waals surface area contributed by atoms with Crippen LogP contribution in [0.3, 0.4) is 0 Å². The number of rotatable bonds is 8. The van der Waals surface area contributed by atoms with Crippen LogP contribution >= 0.6 is 0 Å². The lowest BCUT2D eigenvalue weighted by atomic mass is 9.93. The molecule has 0 radical (unpaired) electrons. The number of fused-ring (bicyclic) bond motifs is 2. The second kappa shape index (κ2) is 13.1. The highest BCUT2D eigenvalue weighted by molar-refractivity contribution is 5.91. The molecule has 0 bridgehead atoms. The van der Waals surface area contributed by atoms with Crippen LogP contribution in [0, 0.1) is 25.2 Å². The average Bonchev–Trinajstić information content (AvgIpc) is 3.87.